The van der Waals surface area contributed by atoms with Gasteiger partial charge in [-0.1, -0.05) is 30.1 Å². The van der Waals surface area contributed by atoms with E-state index in [9.17, 15) is 4.79 Å². The van der Waals surface area contributed by atoms with Crippen LogP contribution in [-0.2, 0) is 6.54 Å². The molecule has 1 aromatic carbocycles. The molecule has 1 fully saturated rings. The van der Waals surface area contributed by atoms with E-state index in [0.717, 1.165) is 29.7 Å². The average Bonchev–Trinajstić information content (AvgIpc) is 2.97. The molecule has 1 aliphatic rings. The Labute approximate surface area is 121 Å². The molecule has 0 radical (unpaired) electrons. The van der Waals surface area contributed by atoms with Crippen LogP contribution in [0.2, 0.25) is 5.02 Å². The molecule has 0 amide bonds. The van der Waals surface area contributed by atoms with Crippen LogP contribution in [0.1, 0.15) is 19.8 Å². The molecule has 0 bridgehead atoms. The number of likely N-dealkylation sites (N-methyl/N-ethyl adjacent to an activating group) is 1. The second-order valence-electron chi connectivity index (χ2n) is 5.02. The van der Waals surface area contributed by atoms with Crippen molar-refractivity contribution in [1.82, 2.24) is 8.86 Å². The number of benzene rings is 1. The van der Waals surface area contributed by atoms with Crippen LogP contribution in [-0.4, -0.2) is 28.0 Å². The summed E-state index contributed by atoms with van der Waals surface area (Å²) in [5.74, 6) is 0. The quantitative estimate of drug-likeness (QED) is 0.869. The molecule has 1 aliphatic heterocycles. The van der Waals surface area contributed by atoms with Crippen molar-refractivity contribution in [3.8, 4) is 0 Å². The number of likely N-dealkylation sites (tertiary alicyclic amines) is 1. The highest BCUT2D eigenvalue weighted by Crippen LogP contribution is 2.23. The maximum Gasteiger partial charge on any atom is 0.268 e. The molecule has 0 spiro atoms. The van der Waals surface area contributed by atoms with Gasteiger partial charge < -0.3 is 0 Å². The third kappa shape index (κ3) is 2.45. The lowest BCUT2D eigenvalue weighted by atomic mass is 10.2. The maximum atomic E-state index is 12.4. The van der Waals surface area contributed by atoms with E-state index in [4.69, 9.17) is 11.6 Å². The second-order valence-corrected chi connectivity index (χ2v) is 6.52. The third-order valence-corrected chi connectivity index (χ3v) is 5.21. The van der Waals surface area contributed by atoms with Gasteiger partial charge in [-0.25, -0.2) is 0 Å². The van der Waals surface area contributed by atoms with E-state index in [1.165, 1.54) is 12.8 Å². The molecule has 102 valence electrons. The molecule has 0 saturated carbocycles. The number of hydrogen-bond acceptors (Lipinski definition) is 3. The summed E-state index contributed by atoms with van der Waals surface area (Å²) in [5, 5.41) is 1.38. The molecule has 3 rings (SSSR count). The van der Waals surface area contributed by atoms with Gasteiger partial charge in [0.25, 0.3) is 5.56 Å². The normalized spacial score (nSPS) is 20.4. The van der Waals surface area contributed by atoms with Gasteiger partial charge in [-0.3, -0.25) is 13.7 Å². The van der Waals surface area contributed by atoms with Crippen LogP contribution < -0.4 is 5.56 Å². The summed E-state index contributed by atoms with van der Waals surface area (Å²) >= 11 is 7.51. The van der Waals surface area contributed by atoms with Crippen molar-refractivity contribution in [2.45, 2.75) is 32.4 Å². The van der Waals surface area contributed by atoms with Gasteiger partial charge in [-0.15, -0.1) is 0 Å². The zero-order chi connectivity index (χ0) is 13.4. The summed E-state index contributed by atoms with van der Waals surface area (Å²) in [6, 6.07) is 6.06. The van der Waals surface area contributed by atoms with Crippen molar-refractivity contribution >= 4 is 33.2 Å². The lowest BCUT2D eigenvalue weighted by Gasteiger charge is -2.22. The highest BCUT2D eigenvalue weighted by atomic mass is 35.5. The Morgan fingerprint density at radius 1 is 1.47 bits per heavy atom. The Morgan fingerprint density at radius 3 is 3.11 bits per heavy atom. The van der Waals surface area contributed by atoms with Crippen LogP contribution in [0, 0.1) is 0 Å². The molecule has 2 heterocycles. The topological polar surface area (TPSA) is 25.2 Å². The van der Waals surface area contributed by atoms with Crippen LogP contribution in [0.5, 0.6) is 0 Å². The first-order chi connectivity index (χ1) is 9.19. The summed E-state index contributed by atoms with van der Waals surface area (Å²) in [6.07, 6.45) is 2.43. The molecule has 0 aliphatic carbocycles. The number of halogens is 1. The number of rotatable bonds is 3. The fourth-order valence-electron chi connectivity index (χ4n) is 2.87. The van der Waals surface area contributed by atoms with Crippen molar-refractivity contribution in [2.24, 2.45) is 0 Å². The van der Waals surface area contributed by atoms with E-state index in [-0.39, 0.29) is 5.56 Å². The van der Waals surface area contributed by atoms with Gasteiger partial charge in [0.15, 0.2) is 0 Å². The van der Waals surface area contributed by atoms with E-state index < -0.39 is 0 Å². The Hall–Kier alpha value is -0.840. The van der Waals surface area contributed by atoms with E-state index in [1.54, 1.807) is 17.6 Å². The summed E-state index contributed by atoms with van der Waals surface area (Å²) in [6.45, 7) is 5.22. The van der Waals surface area contributed by atoms with E-state index in [2.05, 4.69) is 11.8 Å². The lowest BCUT2D eigenvalue weighted by molar-refractivity contribution is 0.247. The Bertz CT molecular complexity index is 648. The third-order valence-electron chi connectivity index (χ3n) is 3.89. The largest absolute Gasteiger partial charge is 0.299 e. The predicted molar refractivity (Wildman–Crippen MR) is 81.4 cm³/mol. The minimum atomic E-state index is 0.102. The molecule has 0 unspecified atom stereocenters. The first kappa shape index (κ1) is 13.2. The molecular formula is C14H17ClN2OS. The molecule has 3 nitrogen and oxygen atoms in total. The number of aromatic nitrogens is 1. The van der Waals surface area contributed by atoms with Gasteiger partial charge in [-0.2, -0.15) is 0 Å². The van der Waals surface area contributed by atoms with Crippen molar-refractivity contribution in [3.05, 3.63) is 33.6 Å². The molecule has 19 heavy (non-hydrogen) atoms. The van der Waals surface area contributed by atoms with Crippen molar-refractivity contribution in [3.63, 3.8) is 0 Å². The van der Waals surface area contributed by atoms with Crippen molar-refractivity contribution in [1.29, 1.82) is 0 Å². The van der Waals surface area contributed by atoms with E-state index in [1.807, 2.05) is 16.1 Å². The van der Waals surface area contributed by atoms with Gasteiger partial charge in [0.05, 0.1) is 16.6 Å². The fourth-order valence-corrected chi connectivity index (χ4v) is 4.08. The maximum absolute atomic E-state index is 12.4. The zero-order valence-corrected chi connectivity index (χ0v) is 12.5. The van der Waals surface area contributed by atoms with Gasteiger partial charge in [0.1, 0.15) is 0 Å². The van der Waals surface area contributed by atoms with Crippen LogP contribution in [0.15, 0.2) is 23.0 Å². The van der Waals surface area contributed by atoms with Crippen molar-refractivity contribution < 1.29 is 0 Å². The molecular weight excluding hydrogens is 280 g/mol. The first-order valence-electron chi connectivity index (χ1n) is 6.72. The Morgan fingerprint density at radius 2 is 2.32 bits per heavy atom. The minimum Gasteiger partial charge on any atom is -0.299 e. The van der Waals surface area contributed by atoms with Gasteiger partial charge in [0, 0.05) is 11.1 Å². The lowest BCUT2D eigenvalue weighted by Crippen LogP contribution is -2.34. The van der Waals surface area contributed by atoms with Crippen molar-refractivity contribution in [2.75, 3.05) is 13.1 Å². The smallest absolute Gasteiger partial charge is 0.268 e. The SMILES string of the molecule is CCN1CCC[C@H]1Cn1sc2ccc(Cl)cc2c1=O. The standard InChI is InChI=1S/C14H17ClN2OS/c1-2-16-7-3-4-11(16)9-17-14(18)12-8-10(15)5-6-13(12)19-17/h5-6,8,11H,2-4,7,9H2,1H3/t11-/m0/s1. The molecule has 2 aromatic rings. The van der Waals surface area contributed by atoms with Gasteiger partial charge >= 0.3 is 0 Å². The highest BCUT2D eigenvalue weighted by Gasteiger charge is 2.24. The van der Waals surface area contributed by atoms with Crippen LogP contribution in [0.4, 0.5) is 0 Å². The van der Waals surface area contributed by atoms with Gasteiger partial charge in [0.2, 0.25) is 0 Å². The predicted octanol–water partition coefficient (Wildman–Crippen LogP) is 3.20. The molecule has 0 N–H and O–H groups in total. The van der Waals surface area contributed by atoms with Crippen LogP contribution in [0.25, 0.3) is 10.1 Å². The van der Waals surface area contributed by atoms with Crippen LogP contribution in [0.3, 0.4) is 0 Å². The van der Waals surface area contributed by atoms with E-state index >= 15 is 0 Å². The van der Waals surface area contributed by atoms with Gasteiger partial charge in [-0.05, 0) is 44.1 Å². The molecule has 5 heteroatoms. The number of hydrogen-bond donors (Lipinski definition) is 0. The minimum absolute atomic E-state index is 0.102. The summed E-state index contributed by atoms with van der Waals surface area (Å²) in [5.41, 5.74) is 0.102. The number of fused-ring (bicyclic) bond motifs is 1. The Balaban J connectivity index is 1.93. The van der Waals surface area contributed by atoms with Crippen LogP contribution >= 0.6 is 23.1 Å². The molecule has 1 saturated heterocycles. The monoisotopic (exact) mass is 296 g/mol. The second kappa shape index (κ2) is 5.27. The fraction of sp³-hybridized carbons (Fsp3) is 0.500. The Kier molecular flexibility index (Phi) is 3.65. The average molecular weight is 297 g/mol. The molecule has 1 aromatic heterocycles. The summed E-state index contributed by atoms with van der Waals surface area (Å²) in [4.78, 5) is 14.8. The highest BCUT2D eigenvalue weighted by molar-refractivity contribution is 7.13. The van der Waals surface area contributed by atoms with E-state index in [0.29, 0.717) is 11.1 Å². The summed E-state index contributed by atoms with van der Waals surface area (Å²) in [7, 11) is 0. The molecule has 1 atom stereocenters. The summed E-state index contributed by atoms with van der Waals surface area (Å²) < 4.78 is 2.91. The number of nitrogens with zero attached hydrogens (tertiary/aromatic N) is 2. The first-order valence-corrected chi connectivity index (χ1v) is 7.87. The zero-order valence-electron chi connectivity index (χ0n) is 10.9.